The Morgan fingerprint density at radius 3 is 1.69 bits per heavy atom. The molecule has 3 nitrogen and oxygen atoms in total. The first-order valence-corrected chi connectivity index (χ1v) is 10.7. The van der Waals surface area contributed by atoms with Crippen LogP contribution in [0.4, 0.5) is 0 Å². The number of hydrogen-bond donors (Lipinski definition) is 1. The molecule has 0 atom stereocenters. The summed E-state index contributed by atoms with van der Waals surface area (Å²) in [5, 5.41) is 9.06. The van der Waals surface area contributed by atoms with Crippen molar-refractivity contribution in [3.8, 4) is 0 Å². The Bertz CT molecular complexity index is 406. The third kappa shape index (κ3) is 11.0. The maximum absolute atomic E-state index is 9.06. The third-order valence-corrected chi connectivity index (χ3v) is 4.69. The standard InChI is InChI=1S/C22H39BO3/c1-3-5-7-9-11-19-25-23(26-20-12-10-8-6-4-2)22-15-13-21(14-16-22)17-18-24/h13-16,24H,3-12,17-20H2,1-2H3. The van der Waals surface area contributed by atoms with Gasteiger partial charge in [0.05, 0.1) is 0 Å². The topological polar surface area (TPSA) is 38.7 Å². The average molecular weight is 362 g/mol. The molecule has 0 saturated carbocycles. The molecule has 0 unspecified atom stereocenters. The van der Waals surface area contributed by atoms with Crippen molar-refractivity contribution in [2.45, 2.75) is 84.5 Å². The molecule has 0 heterocycles. The van der Waals surface area contributed by atoms with Gasteiger partial charge >= 0.3 is 7.12 Å². The molecule has 148 valence electrons. The van der Waals surface area contributed by atoms with Gasteiger partial charge in [0.1, 0.15) is 0 Å². The summed E-state index contributed by atoms with van der Waals surface area (Å²) in [6.45, 7) is 6.17. The molecular weight excluding hydrogens is 323 g/mol. The molecule has 0 aromatic heterocycles. The fraction of sp³-hybridized carbons (Fsp3) is 0.727. The van der Waals surface area contributed by atoms with E-state index in [1.54, 1.807) is 0 Å². The molecule has 0 radical (unpaired) electrons. The monoisotopic (exact) mass is 362 g/mol. The molecule has 1 aromatic carbocycles. The maximum atomic E-state index is 9.06. The average Bonchev–Trinajstić information content (AvgIpc) is 2.66. The first kappa shape index (κ1) is 23.2. The van der Waals surface area contributed by atoms with Crippen molar-refractivity contribution in [1.82, 2.24) is 0 Å². The zero-order chi connectivity index (χ0) is 18.9. The van der Waals surface area contributed by atoms with Crippen molar-refractivity contribution in [3.05, 3.63) is 29.8 Å². The van der Waals surface area contributed by atoms with Crippen LogP contribution in [-0.4, -0.2) is 32.0 Å². The van der Waals surface area contributed by atoms with E-state index in [9.17, 15) is 0 Å². The molecule has 0 bridgehead atoms. The van der Waals surface area contributed by atoms with Crippen LogP contribution in [0.15, 0.2) is 24.3 Å². The van der Waals surface area contributed by atoms with E-state index in [0.717, 1.165) is 37.1 Å². The molecule has 0 saturated heterocycles. The fourth-order valence-electron chi connectivity index (χ4n) is 3.00. The molecule has 0 amide bonds. The summed E-state index contributed by atoms with van der Waals surface area (Å²) in [6, 6.07) is 8.27. The number of hydrogen-bond acceptors (Lipinski definition) is 3. The van der Waals surface area contributed by atoms with Crippen molar-refractivity contribution in [2.75, 3.05) is 19.8 Å². The molecule has 4 heteroatoms. The number of aliphatic hydroxyl groups is 1. The second-order valence-corrected chi connectivity index (χ2v) is 7.12. The van der Waals surface area contributed by atoms with Gasteiger partial charge in [-0.3, -0.25) is 0 Å². The van der Waals surface area contributed by atoms with Crippen molar-refractivity contribution in [1.29, 1.82) is 0 Å². The van der Waals surface area contributed by atoms with E-state index in [-0.39, 0.29) is 13.7 Å². The molecule has 1 aromatic rings. The molecule has 1 rings (SSSR count). The molecule has 0 spiro atoms. The predicted octanol–water partition coefficient (Wildman–Crippen LogP) is 4.89. The van der Waals surface area contributed by atoms with E-state index >= 15 is 0 Å². The van der Waals surface area contributed by atoms with E-state index in [1.807, 2.05) is 0 Å². The van der Waals surface area contributed by atoms with Gasteiger partial charge < -0.3 is 14.4 Å². The Hall–Kier alpha value is -0.835. The van der Waals surface area contributed by atoms with Crippen molar-refractivity contribution < 1.29 is 14.4 Å². The third-order valence-electron chi connectivity index (χ3n) is 4.69. The summed E-state index contributed by atoms with van der Waals surface area (Å²) in [6.07, 6.45) is 13.1. The Morgan fingerprint density at radius 1 is 0.731 bits per heavy atom. The van der Waals surface area contributed by atoms with Gasteiger partial charge in [-0.2, -0.15) is 0 Å². The highest BCUT2D eigenvalue weighted by Crippen LogP contribution is 2.07. The Kier molecular flexibility index (Phi) is 14.6. The highest BCUT2D eigenvalue weighted by atomic mass is 16.6. The van der Waals surface area contributed by atoms with Gasteiger partial charge in [-0.15, -0.1) is 0 Å². The SMILES string of the molecule is CCCCCCCOB(OCCCCCCC)c1ccc(CCO)cc1. The Morgan fingerprint density at radius 2 is 1.23 bits per heavy atom. The number of benzene rings is 1. The van der Waals surface area contributed by atoms with E-state index in [4.69, 9.17) is 14.4 Å². The van der Waals surface area contributed by atoms with Gasteiger partial charge in [0, 0.05) is 19.8 Å². The minimum Gasteiger partial charge on any atom is -0.407 e. The van der Waals surface area contributed by atoms with Gasteiger partial charge in [0.25, 0.3) is 0 Å². The zero-order valence-electron chi connectivity index (χ0n) is 17.0. The van der Waals surface area contributed by atoms with Crippen LogP contribution in [0.25, 0.3) is 0 Å². The van der Waals surface area contributed by atoms with Gasteiger partial charge in [-0.05, 0) is 30.3 Å². The van der Waals surface area contributed by atoms with Crippen molar-refractivity contribution in [2.24, 2.45) is 0 Å². The van der Waals surface area contributed by atoms with Crippen LogP contribution in [-0.2, 0) is 15.7 Å². The number of rotatable bonds is 17. The van der Waals surface area contributed by atoms with Crippen molar-refractivity contribution in [3.63, 3.8) is 0 Å². The second-order valence-electron chi connectivity index (χ2n) is 7.12. The lowest BCUT2D eigenvalue weighted by Gasteiger charge is -2.16. The summed E-state index contributed by atoms with van der Waals surface area (Å²) < 4.78 is 12.1. The molecule has 26 heavy (non-hydrogen) atoms. The summed E-state index contributed by atoms with van der Waals surface area (Å²) in [7, 11) is -0.268. The summed E-state index contributed by atoms with van der Waals surface area (Å²) in [5.74, 6) is 0. The summed E-state index contributed by atoms with van der Waals surface area (Å²) >= 11 is 0. The highest BCUT2D eigenvalue weighted by Gasteiger charge is 2.21. The minimum atomic E-state index is -0.268. The molecule has 0 fully saturated rings. The lowest BCUT2D eigenvalue weighted by atomic mass is 9.78. The van der Waals surface area contributed by atoms with Crippen LogP contribution in [0.1, 0.15) is 83.6 Å². The molecule has 1 N–H and O–H groups in total. The van der Waals surface area contributed by atoms with Crippen molar-refractivity contribution >= 4 is 12.6 Å². The second kappa shape index (κ2) is 16.3. The predicted molar refractivity (Wildman–Crippen MR) is 112 cm³/mol. The Labute approximate surface area is 161 Å². The molecule has 0 aliphatic carbocycles. The first-order chi connectivity index (χ1) is 12.8. The highest BCUT2D eigenvalue weighted by molar-refractivity contribution is 6.61. The fourth-order valence-corrected chi connectivity index (χ4v) is 3.00. The maximum Gasteiger partial charge on any atom is 0.493 e. The summed E-state index contributed by atoms with van der Waals surface area (Å²) in [5.41, 5.74) is 2.22. The minimum absolute atomic E-state index is 0.186. The lowest BCUT2D eigenvalue weighted by molar-refractivity contribution is 0.199. The van der Waals surface area contributed by atoms with Crippen LogP contribution < -0.4 is 5.46 Å². The molecular formula is C22H39BO3. The Balaban J connectivity index is 2.43. The molecule has 0 aliphatic heterocycles. The van der Waals surface area contributed by atoms with E-state index in [0.29, 0.717) is 6.42 Å². The van der Waals surface area contributed by atoms with Gasteiger partial charge in [-0.25, -0.2) is 0 Å². The van der Waals surface area contributed by atoms with Crippen LogP contribution in [0.2, 0.25) is 0 Å². The quantitative estimate of drug-likeness (QED) is 0.317. The van der Waals surface area contributed by atoms with Gasteiger partial charge in [-0.1, -0.05) is 89.5 Å². The van der Waals surface area contributed by atoms with Crippen LogP contribution in [0, 0.1) is 0 Å². The van der Waals surface area contributed by atoms with Gasteiger partial charge in [0.15, 0.2) is 0 Å². The first-order valence-electron chi connectivity index (χ1n) is 10.7. The van der Waals surface area contributed by atoms with Crippen LogP contribution >= 0.6 is 0 Å². The van der Waals surface area contributed by atoms with E-state index in [1.165, 1.54) is 51.4 Å². The number of aliphatic hydroxyl groups excluding tert-OH is 1. The van der Waals surface area contributed by atoms with Crippen LogP contribution in [0.3, 0.4) is 0 Å². The van der Waals surface area contributed by atoms with E-state index < -0.39 is 0 Å². The lowest BCUT2D eigenvalue weighted by Crippen LogP contribution is -2.37. The zero-order valence-corrected chi connectivity index (χ0v) is 17.0. The van der Waals surface area contributed by atoms with Gasteiger partial charge in [0.2, 0.25) is 0 Å². The van der Waals surface area contributed by atoms with Crippen LogP contribution in [0.5, 0.6) is 0 Å². The largest absolute Gasteiger partial charge is 0.493 e. The number of unbranched alkanes of at least 4 members (excludes halogenated alkanes) is 8. The normalized spacial score (nSPS) is 11.0. The van der Waals surface area contributed by atoms with E-state index in [2.05, 4.69) is 38.1 Å². The molecule has 0 aliphatic rings. The summed E-state index contributed by atoms with van der Waals surface area (Å²) in [4.78, 5) is 0. The smallest absolute Gasteiger partial charge is 0.407 e.